The Morgan fingerprint density at radius 1 is 1.37 bits per heavy atom. The van der Waals surface area contributed by atoms with E-state index in [9.17, 15) is 22.8 Å². The third-order valence-corrected chi connectivity index (χ3v) is 2.78. The molecule has 0 aliphatic heterocycles. The molecule has 0 aromatic carbocycles. The van der Waals surface area contributed by atoms with Crippen molar-refractivity contribution in [1.82, 2.24) is 10.6 Å². The van der Waals surface area contributed by atoms with E-state index in [1.165, 1.54) is 11.8 Å². The second-order valence-corrected chi connectivity index (χ2v) is 4.78. The Morgan fingerprint density at radius 2 is 2.00 bits per heavy atom. The molecule has 3 N–H and O–H groups in total. The van der Waals surface area contributed by atoms with Crippen LogP contribution in [0.15, 0.2) is 0 Å². The van der Waals surface area contributed by atoms with Gasteiger partial charge in [0, 0.05) is 13.0 Å². The van der Waals surface area contributed by atoms with Crippen molar-refractivity contribution in [2.24, 2.45) is 0 Å². The van der Waals surface area contributed by atoms with E-state index in [0.29, 0.717) is 5.75 Å². The molecule has 0 spiro atoms. The first-order valence-electron chi connectivity index (χ1n) is 5.59. The molecule has 0 rings (SSSR count). The van der Waals surface area contributed by atoms with Gasteiger partial charge in [-0.15, -0.1) is 0 Å². The number of carbonyl (C=O) groups is 2. The molecule has 0 saturated carbocycles. The van der Waals surface area contributed by atoms with Gasteiger partial charge in [-0.1, -0.05) is 0 Å². The molecule has 0 aliphatic rings. The molecule has 2 amide bonds. The van der Waals surface area contributed by atoms with Gasteiger partial charge in [-0.2, -0.15) is 24.9 Å². The van der Waals surface area contributed by atoms with Crippen LogP contribution >= 0.6 is 11.8 Å². The van der Waals surface area contributed by atoms with Gasteiger partial charge in [0.25, 0.3) is 0 Å². The molecule has 5 nitrogen and oxygen atoms in total. The van der Waals surface area contributed by atoms with Gasteiger partial charge in [0.05, 0.1) is 0 Å². The fraction of sp³-hybridized carbons (Fsp3) is 0.800. The number of hydrogen-bond donors (Lipinski definition) is 3. The molecule has 0 saturated heterocycles. The van der Waals surface area contributed by atoms with Crippen molar-refractivity contribution in [2.75, 3.05) is 18.6 Å². The van der Waals surface area contributed by atoms with Crippen molar-refractivity contribution in [3.05, 3.63) is 0 Å². The van der Waals surface area contributed by atoms with E-state index in [2.05, 4.69) is 10.6 Å². The predicted molar refractivity (Wildman–Crippen MR) is 66.2 cm³/mol. The second kappa shape index (κ2) is 8.89. The molecule has 0 aromatic rings. The van der Waals surface area contributed by atoms with Crippen LogP contribution in [0.2, 0.25) is 0 Å². The summed E-state index contributed by atoms with van der Waals surface area (Å²) in [7, 11) is 0. The lowest BCUT2D eigenvalue weighted by molar-refractivity contribution is -0.139. The van der Waals surface area contributed by atoms with Crippen LogP contribution in [-0.4, -0.2) is 47.9 Å². The Morgan fingerprint density at radius 3 is 2.47 bits per heavy atom. The minimum Gasteiger partial charge on any atom is -0.480 e. The number of carboxylic acid groups (broad SMARTS) is 1. The van der Waals surface area contributed by atoms with Crippen LogP contribution in [0, 0.1) is 0 Å². The SMILES string of the molecule is CSCC[C@H](NC(=O)NCCCC(F)(F)F)C(=O)O. The number of amides is 2. The highest BCUT2D eigenvalue weighted by Crippen LogP contribution is 2.20. The van der Waals surface area contributed by atoms with E-state index in [1.807, 2.05) is 0 Å². The number of aliphatic carboxylic acids is 1. The Bertz CT molecular complexity index is 300. The van der Waals surface area contributed by atoms with Crippen LogP contribution in [0.1, 0.15) is 19.3 Å². The van der Waals surface area contributed by atoms with Gasteiger partial charge in [-0.25, -0.2) is 9.59 Å². The molecule has 112 valence electrons. The standard InChI is InChI=1S/C10H17F3N2O3S/c1-19-6-3-7(8(16)17)15-9(18)14-5-2-4-10(11,12)13/h7H,2-6H2,1H3,(H,16,17)(H2,14,15,18)/t7-/m0/s1. The summed E-state index contributed by atoms with van der Waals surface area (Å²) in [5.74, 6) is -0.606. The van der Waals surface area contributed by atoms with Gasteiger partial charge in [-0.3, -0.25) is 0 Å². The summed E-state index contributed by atoms with van der Waals surface area (Å²) >= 11 is 1.44. The zero-order chi connectivity index (χ0) is 14.9. The van der Waals surface area contributed by atoms with Crippen molar-refractivity contribution in [3.8, 4) is 0 Å². The van der Waals surface area contributed by atoms with Crippen LogP contribution in [0.25, 0.3) is 0 Å². The van der Waals surface area contributed by atoms with Crippen molar-refractivity contribution in [2.45, 2.75) is 31.5 Å². The highest BCUT2D eigenvalue weighted by molar-refractivity contribution is 7.98. The minimum atomic E-state index is -4.25. The topological polar surface area (TPSA) is 78.4 Å². The Labute approximate surface area is 113 Å². The normalized spacial score (nSPS) is 12.8. The van der Waals surface area contributed by atoms with Gasteiger partial charge in [0.1, 0.15) is 6.04 Å². The number of urea groups is 1. The maximum atomic E-state index is 11.8. The number of hydrogen-bond acceptors (Lipinski definition) is 3. The van der Waals surface area contributed by atoms with Gasteiger partial charge in [0.15, 0.2) is 0 Å². The zero-order valence-electron chi connectivity index (χ0n) is 10.4. The van der Waals surface area contributed by atoms with E-state index < -0.39 is 30.6 Å². The summed E-state index contributed by atoms with van der Waals surface area (Å²) in [5, 5.41) is 13.2. The maximum Gasteiger partial charge on any atom is 0.389 e. The number of carboxylic acids is 1. The molecular formula is C10H17F3N2O3S. The summed E-state index contributed by atoms with van der Waals surface area (Å²) < 4.78 is 35.5. The maximum absolute atomic E-state index is 11.8. The van der Waals surface area contributed by atoms with Gasteiger partial charge < -0.3 is 15.7 Å². The van der Waals surface area contributed by atoms with E-state index >= 15 is 0 Å². The number of alkyl halides is 3. The molecule has 1 atom stereocenters. The molecule has 19 heavy (non-hydrogen) atoms. The monoisotopic (exact) mass is 302 g/mol. The quantitative estimate of drug-likeness (QED) is 0.598. The molecule has 0 aliphatic carbocycles. The molecule has 9 heteroatoms. The smallest absolute Gasteiger partial charge is 0.389 e. The molecule has 0 fully saturated rings. The van der Waals surface area contributed by atoms with E-state index in [1.54, 1.807) is 6.26 Å². The van der Waals surface area contributed by atoms with E-state index in [4.69, 9.17) is 5.11 Å². The van der Waals surface area contributed by atoms with Crippen LogP contribution < -0.4 is 10.6 Å². The Balaban J connectivity index is 3.90. The second-order valence-electron chi connectivity index (χ2n) is 3.79. The van der Waals surface area contributed by atoms with Crippen LogP contribution in [-0.2, 0) is 4.79 Å². The highest BCUT2D eigenvalue weighted by atomic mass is 32.2. The third kappa shape index (κ3) is 10.5. The number of nitrogens with one attached hydrogen (secondary N) is 2. The molecule has 0 unspecified atom stereocenters. The van der Waals surface area contributed by atoms with Gasteiger partial charge >= 0.3 is 18.2 Å². The summed E-state index contributed by atoms with van der Waals surface area (Å²) in [6.07, 6.45) is -3.41. The fourth-order valence-electron chi connectivity index (χ4n) is 1.19. The first-order valence-corrected chi connectivity index (χ1v) is 6.98. The molecule has 0 bridgehead atoms. The van der Waals surface area contributed by atoms with Crippen LogP contribution in [0.5, 0.6) is 0 Å². The number of halogens is 3. The Kier molecular flexibility index (Phi) is 8.37. The molecular weight excluding hydrogens is 285 g/mol. The number of carbonyl (C=O) groups excluding carboxylic acids is 1. The average molecular weight is 302 g/mol. The summed E-state index contributed by atoms with van der Waals surface area (Å²) in [4.78, 5) is 22.1. The molecule has 0 heterocycles. The first kappa shape index (κ1) is 17.9. The predicted octanol–water partition coefficient (Wildman–Crippen LogP) is 1.83. The Hall–Kier alpha value is -1.12. The largest absolute Gasteiger partial charge is 0.480 e. The van der Waals surface area contributed by atoms with Gasteiger partial charge in [0.2, 0.25) is 0 Å². The minimum absolute atomic E-state index is 0.153. The molecule has 0 aromatic heterocycles. The van der Waals surface area contributed by atoms with Crippen molar-refractivity contribution < 1.29 is 27.9 Å². The first-order chi connectivity index (χ1) is 8.76. The van der Waals surface area contributed by atoms with Crippen molar-refractivity contribution in [1.29, 1.82) is 0 Å². The lowest BCUT2D eigenvalue weighted by Crippen LogP contribution is -2.46. The summed E-state index contributed by atoms with van der Waals surface area (Å²) in [5.41, 5.74) is 0. The van der Waals surface area contributed by atoms with Crippen LogP contribution in [0.3, 0.4) is 0 Å². The number of rotatable bonds is 8. The molecule has 0 radical (unpaired) electrons. The zero-order valence-corrected chi connectivity index (χ0v) is 11.2. The third-order valence-electron chi connectivity index (χ3n) is 2.14. The highest BCUT2D eigenvalue weighted by Gasteiger charge is 2.26. The van der Waals surface area contributed by atoms with Crippen molar-refractivity contribution in [3.63, 3.8) is 0 Å². The lowest BCUT2D eigenvalue weighted by atomic mass is 10.2. The van der Waals surface area contributed by atoms with Gasteiger partial charge in [-0.05, 0) is 24.9 Å². The van der Waals surface area contributed by atoms with E-state index in [-0.39, 0.29) is 19.4 Å². The summed E-state index contributed by atoms with van der Waals surface area (Å²) in [6.45, 7) is -0.153. The lowest BCUT2D eigenvalue weighted by Gasteiger charge is -2.14. The number of thioether (sulfide) groups is 1. The fourth-order valence-corrected chi connectivity index (χ4v) is 1.66. The van der Waals surface area contributed by atoms with E-state index in [0.717, 1.165) is 0 Å². The van der Waals surface area contributed by atoms with Crippen LogP contribution in [0.4, 0.5) is 18.0 Å². The summed E-state index contributed by atoms with van der Waals surface area (Å²) in [6, 6.07) is -1.80. The van der Waals surface area contributed by atoms with Crippen molar-refractivity contribution >= 4 is 23.8 Å². The average Bonchev–Trinajstić information content (AvgIpc) is 2.28.